The van der Waals surface area contributed by atoms with Crippen LogP contribution in [0.1, 0.15) is 23.2 Å². The topological polar surface area (TPSA) is 70.7 Å². The molecular formula is C20H22ClN3O3. The normalized spacial score (nSPS) is 13.3. The lowest BCUT2D eigenvalue weighted by molar-refractivity contribution is 0.0793. The highest BCUT2D eigenvalue weighted by atomic mass is 35.5. The van der Waals surface area contributed by atoms with Crippen LogP contribution in [0.5, 0.6) is 5.75 Å². The molecule has 0 bridgehead atoms. The Morgan fingerprint density at radius 2 is 1.67 bits per heavy atom. The molecule has 7 heteroatoms. The van der Waals surface area contributed by atoms with E-state index in [1.165, 1.54) is 0 Å². The van der Waals surface area contributed by atoms with Crippen molar-refractivity contribution in [1.82, 2.24) is 10.2 Å². The average molecular weight is 388 g/mol. The molecule has 0 unspecified atom stereocenters. The fourth-order valence-electron chi connectivity index (χ4n) is 2.84. The van der Waals surface area contributed by atoms with E-state index in [9.17, 15) is 9.59 Å². The Kier molecular flexibility index (Phi) is 6.54. The molecule has 0 saturated carbocycles. The van der Waals surface area contributed by atoms with Crippen molar-refractivity contribution in [1.29, 1.82) is 0 Å². The minimum atomic E-state index is -0.326. The molecule has 1 saturated heterocycles. The van der Waals surface area contributed by atoms with Crippen molar-refractivity contribution in [3.8, 4) is 5.75 Å². The highest BCUT2D eigenvalue weighted by Gasteiger charge is 2.19. The lowest BCUT2D eigenvalue weighted by atomic mass is 10.2. The second kappa shape index (κ2) is 9.28. The van der Waals surface area contributed by atoms with Crippen LogP contribution in [0.2, 0.25) is 5.02 Å². The van der Waals surface area contributed by atoms with Crippen molar-refractivity contribution in [2.75, 3.05) is 31.6 Å². The Hall–Kier alpha value is -2.73. The minimum Gasteiger partial charge on any atom is -0.492 e. The van der Waals surface area contributed by atoms with Crippen LogP contribution in [0, 0.1) is 0 Å². The molecule has 0 spiro atoms. The molecule has 3 rings (SSSR count). The summed E-state index contributed by atoms with van der Waals surface area (Å²) in [7, 11) is 0. The maximum atomic E-state index is 12.3. The number of nitrogens with zero attached hydrogens (tertiary/aromatic N) is 1. The van der Waals surface area contributed by atoms with Gasteiger partial charge in [0.2, 0.25) is 0 Å². The highest BCUT2D eigenvalue weighted by molar-refractivity contribution is 6.30. The lowest BCUT2D eigenvalue weighted by Gasteiger charge is -2.15. The maximum absolute atomic E-state index is 12.3. The highest BCUT2D eigenvalue weighted by Crippen LogP contribution is 2.16. The van der Waals surface area contributed by atoms with Crippen LogP contribution in [0.25, 0.3) is 0 Å². The van der Waals surface area contributed by atoms with Gasteiger partial charge < -0.3 is 20.3 Å². The van der Waals surface area contributed by atoms with Crippen molar-refractivity contribution in [2.24, 2.45) is 0 Å². The number of anilines is 1. The van der Waals surface area contributed by atoms with Crippen LogP contribution >= 0.6 is 11.6 Å². The van der Waals surface area contributed by atoms with Gasteiger partial charge in [-0.3, -0.25) is 4.79 Å². The molecule has 142 valence electrons. The Morgan fingerprint density at radius 3 is 2.33 bits per heavy atom. The van der Waals surface area contributed by atoms with Crippen LogP contribution in [0.15, 0.2) is 48.5 Å². The van der Waals surface area contributed by atoms with Crippen LogP contribution < -0.4 is 15.4 Å². The van der Waals surface area contributed by atoms with E-state index < -0.39 is 0 Å². The smallest absolute Gasteiger partial charge is 0.319 e. The van der Waals surface area contributed by atoms with Crippen molar-refractivity contribution in [2.45, 2.75) is 12.8 Å². The van der Waals surface area contributed by atoms with Gasteiger partial charge in [-0.05, 0) is 61.4 Å². The first-order valence-corrected chi connectivity index (χ1v) is 9.32. The van der Waals surface area contributed by atoms with E-state index in [1.807, 2.05) is 4.90 Å². The lowest BCUT2D eigenvalue weighted by Crippen LogP contribution is -2.32. The number of rotatable bonds is 6. The van der Waals surface area contributed by atoms with Gasteiger partial charge in [0, 0.05) is 29.4 Å². The molecule has 0 atom stereocenters. The van der Waals surface area contributed by atoms with Gasteiger partial charge in [0.15, 0.2) is 0 Å². The van der Waals surface area contributed by atoms with Crippen LogP contribution in [-0.2, 0) is 0 Å². The summed E-state index contributed by atoms with van der Waals surface area (Å²) in [6.07, 6.45) is 2.13. The van der Waals surface area contributed by atoms with Gasteiger partial charge in [0.1, 0.15) is 12.4 Å². The van der Waals surface area contributed by atoms with E-state index in [-0.39, 0.29) is 11.9 Å². The first-order valence-electron chi connectivity index (χ1n) is 8.94. The van der Waals surface area contributed by atoms with Crippen molar-refractivity contribution >= 4 is 29.2 Å². The Morgan fingerprint density at radius 1 is 1.00 bits per heavy atom. The third-order valence-electron chi connectivity index (χ3n) is 4.25. The van der Waals surface area contributed by atoms with Gasteiger partial charge in [0.25, 0.3) is 5.91 Å². The molecule has 0 aliphatic carbocycles. The average Bonchev–Trinajstić information content (AvgIpc) is 3.21. The van der Waals surface area contributed by atoms with E-state index in [2.05, 4.69) is 10.6 Å². The van der Waals surface area contributed by atoms with Gasteiger partial charge in [0.05, 0.1) is 6.54 Å². The summed E-state index contributed by atoms with van der Waals surface area (Å²) in [5, 5.41) is 6.10. The first-order chi connectivity index (χ1) is 13.1. The van der Waals surface area contributed by atoms with Crippen LogP contribution in [-0.4, -0.2) is 43.1 Å². The number of halogens is 1. The minimum absolute atomic E-state index is 0.0443. The fourth-order valence-corrected chi connectivity index (χ4v) is 2.96. The number of hydrogen-bond donors (Lipinski definition) is 2. The fraction of sp³-hybridized carbons (Fsp3) is 0.300. The SMILES string of the molecule is O=C(NCCOc1ccc(Cl)cc1)Nc1ccc(C(=O)N2CCCC2)cc1. The molecule has 3 amide bonds. The Labute approximate surface area is 163 Å². The zero-order chi connectivity index (χ0) is 19.1. The predicted molar refractivity (Wildman–Crippen MR) is 106 cm³/mol. The van der Waals surface area contributed by atoms with E-state index in [1.54, 1.807) is 48.5 Å². The van der Waals surface area contributed by atoms with Crippen molar-refractivity contribution in [3.63, 3.8) is 0 Å². The third kappa shape index (κ3) is 5.62. The molecule has 2 aromatic rings. The largest absolute Gasteiger partial charge is 0.492 e. The summed E-state index contributed by atoms with van der Waals surface area (Å²) in [6, 6.07) is 13.6. The molecule has 0 aromatic heterocycles. The van der Waals surface area contributed by atoms with Crippen molar-refractivity contribution < 1.29 is 14.3 Å². The number of benzene rings is 2. The standard InChI is InChI=1S/C20H22ClN3O3/c21-16-5-9-18(10-6-16)27-14-11-22-20(26)23-17-7-3-15(4-8-17)19(25)24-12-1-2-13-24/h3-10H,1-2,11-14H2,(H2,22,23,26). The summed E-state index contributed by atoms with van der Waals surface area (Å²) >= 11 is 5.81. The van der Waals surface area contributed by atoms with E-state index in [0.29, 0.717) is 35.2 Å². The molecule has 1 fully saturated rings. The molecule has 1 heterocycles. The number of nitrogens with one attached hydrogen (secondary N) is 2. The van der Waals surface area contributed by atoms with E-state index in [4.69, 9.17) is 16.3 Å². The number of carbonyl (C=O) groups is 2. The van der Waals surface area contributed by atoms with E-state index in [0.717, 1.165) is 25.9 Å². The monoisotopic (exact) mass is 387 g/mol. The molecule has 1 aliphatic rings. The number of ether oxygens (including phenoxy) is 1. The number of carbonyl (C=O) groups excluding carboxylic acids is 2. The second-order valence-electron chi connectivity index (χ2n) is 6.26. The summed E-state index contributed by atoms with van der Waals surface area (Å²) < 4.78 is 5.51. The van der Waals surface area contributed by atoms with Crippen molar-refractivity contribution in [3.05, 3.63) is 59.1 Å². The second-order valence-corrected chi connectivity index (χ2v) is 6.70. The van der Waals surface area contributed by atoms with Gasteiger partial charge in [-0.2, -0.15) is 0 Å². The first kappa shape index (κ1) is 19.0. The summed E-state index contributed by atoms with van der Waals surface area (Å²) in [6.45, 7) is 2.34. The van der Waals surface area contributed by atoms with Crippen LogP contribution in [0.3, 0.4) is 0 Å². The quantitative estimate of drug-likeness (QED) is 0.741. The molecule has 2 N–H and O–H groups in total. The number of likely N-dealkylation sites (tertiary alicyclic amines) is 1. The van der Waals surface area contributed by atoms with Gasteiger partial charge in [-0.1, -0.05) is 11.6 Å². The third-order valence-corrected chi connectivity index (χ3v) is 4.50. The zero-order valence-corrected chi connectivity index (χ0v) is 15.7. The summed E-state index contributed by atoms with van der Waals surface area (Å²) in [5.74, 6) is 0.739. The predicted octanol–water partition coefficient (Wildman–Crippen LogP) is 3.78. The maximum Gasteiger partial charge on any atom is 0.319 e. The number of amides is 3. The summed E-state index contributed by atoms with van der Waals surface area (Å²) in [4.78, 5) is 26.1. The molecule has 2 aromatic carbocycles. The molecule has 0 radical (unpaired) electrons. The molecular weight excluding hydrogens is 366 g/mol. The van der Waals surface area contributed by atoms with Crippen LogP contribution in [0.4, 0.5) is 10.5 Å². The number of urea groups is 1. The Bertz CT molecular complexity index is 772. The van der Waals surface area contributed by atoms with Gasteiger partial charge in [-0.15, -0.1) is 0 Å². The van der Waals surface area contributed by atoms with E-state index >= 15 is 0 Å². The molecule has 27 heavy (non-hydrogen) atoms. The summed E-state index contributed by atoms with van der Waals surface area (Å²) in [5.41, 5.74) is 1.27. The number of hydrogen-bond acceptors (Lipinski definition) is 3. The molecule has 6 nitrogen and oxygen atoms in total. The van der Waals surface area contributed by atoms with Gasteiger partial charge >= 0.3 is 6.03 Å². The zero-order valence-electron chi connectivity index (χ0n) is 14.9. The molecule has 1 aliphatic heterocycles. The van der Waals surface area contributed by atoms with Gasteiger partial charge in [-0.25, -0.2) is 4.79 Å². The Balaban J connectivity index is 1.39.